The van der Waals surface area contributed by atoms with Gasteiger partial charge in [0.05, 0.1) is 24.9 Å². The first kappa shape index (κ1) is 32.4. The zero-order valence-electron chi connectivity index (χ0n) is 25.3. The Morgan fingerprint density at radius 3 is 2.64 bits per heavy atom. The number of aliphatic hydroxyl groups is 2. The molecule has 1 fully saturated rings. The summed E-state index contributed by atoms with van der Waals surface area (Å²) in [5, 5.41) is 28.1. The standard InChI is InChI=1S/C35H39ClN4O5/c1-24(8-5-14-32(42)39(18-19-41)22-25-9-3-2-4-10-25)35(45)29-21-27(36)15-16-31(29)40(34(35)44)23-26-11-6-12-28(20-26)38-33(43)30-13-7-17-37-30/h2-6,8-12,15-16,20-21,24,30,37,41,45H,7,13-14,17-19,22-23H2,1H3,(H,38,43)/b8-5+/t24-,30-,35+/m1/s1. The normalized spacial score (nSPS) is 20.0. The third kappa shape index (κ3) is 7.28. The fraction of sp³-hybridized carbons (Fsp3) is 0.343. The molecule has 0 aromatic heterocycles. The van der Waals surface area contributed by atoms with E-state index in [4.69, 9.17) is 11.6 Å². The smallest absolute Gasteiger partial charge is 0.264 e. The number of amides is 3. The molecule has 0 unspecified atom stereocenters. The number of anilines is 2. The molecule has 10 heteroatoms. The molecule has 3 aromatic rings. The van der Waals surface area contributed by atoms with Gasteiger partial charge in [0.2, 0.25) is 11.8 Å². The molecule has 2 heterocycles. The molecule has 2 aliphatic rings. The van der Waals surface area contributed by atoms with E-state index in [2.05, 4.69) is 10.6 Å². The molecule has 4 N–H and O–H groups in total. The minimum Gasteiger partial charge on any atom is -0.395 e. The molecule has 0 spiro atoms. The van der Waals surface area contributed by atoms with Crippen molar-refractivity contribution >= 4 is 40.7 Å². The highest BCUT2D eigenvalue weighted by Crippen LogP contribution is 2.46. The SMILES string of the molecule is C[C@H](/C=C/CC(=O)N(CCO)Cc1ccccc1)[C@@]1(O)C(=O)N(Cc2cccc(NC(=O)[C@H]3CCCN3)c2)c2ccc(Cl)cc21. The Kier molecular flexibility index (Phi) is 10.4. The van der Waals surface area contributed by atoms with Crippen LogP contribution in [0.4, 0.5) is 11.4 Å². The summed E-state index contributed by atoms with van der Waals surface area (Å²) in [6, 6.07) is 21.7. The summed E-state index contributed by atoms with van der Waals surface area (Å²) < 4.78 is 0. The highest BCUT2D eigenvalue weighted by atomic mass is 35.5. The molecule has 9 nitrogen and oxygen atoms in total. The van der Waals surface area contributed by atoms with Crippen molar-refractivity contribution in [3.63, 3.8) is 0 Å². The van der Waals surface area contributed by atoms with Crippen LogP contribution in [-0.4, -0.2) is 58.6 Å². The highest BCUT2D eigenvalue weighted by molar-refractivity contribution is 6.31. The van der Waals surface area contributed by atoms with Crippen LogP contribution in [0, 0.1) is 5.92 Å². The zero-order valence-corrected chi connectivity index (χ0v) is 26.0. The lowest BCUT2D eigenvalue weighted by Crippen LogP contribution is -2.44. The number of hydrogen-bond donors (Lipinski definition) is 4. The van der Waals surface area contributed by atoms with E-state index in [9.17, 15) is 24.6 Å². The van der Waals surface area contributed by atoms with Gasteiger partial charge in [-0.25, -0.2) is 0 Å². The lowest BCUT2D eigenvalue weighted by Gasteiger charge is -2.28. The summed E-state index contributed by atoms with van der Waals surface area (Å²) in [5.41, 5.74) is 1.40. The Hall–Kier alpha value is -4.02. The lowest BCUT2D eigenvalue weighted by atomic mass is 9.83. The largest absolute Gasteiger partial charge is 0.395 e. The van der Waals surface area contributed by atoms with Crippen LogP contribution in [0.5, 0.6) is 0 Å². The molecular formula is C35H39ClN4O5. The van der Waals surface area contributed by atoms with Crippen molar-refractivity contribution in [2.75, 3.05) is 29.9 Å². The number of fused-ring (bicyclic) bond motifs is 1. The molecule has 45 heavy (non-hydrogen) atoms. The first-order chi connectivity index (χ1) is 21.7. The maximum absolute atomic E-state index is 14.0. The van der Waals surface area contributed by atoms with E-state index in [1.165, 1.54) is 4.90 Å². The molecule has 0 bridgehead atoms. The van der Waals surface area contributed by atoms with Crippen LogP contribution < -0.4 is 15.5 Å². The third-order valence-corrected chi connectivity index (χ3v) is 8.69. The molecule has 3 amide bonds. The molecular weight excluding hydrogens is 592 g/mol. The summed E-state index contributed by atoms with van der Waals surface area (Å²) in [6.07, 6.45) is 5.13. The van der Waals surface area contributed by atoms with Crippen molar-refractivity contribution in [1.29, 1.82) is 0 Å². The molecule has 5 rings (SSSR count). The maximum Gasteiger partial charge on any atom is 0.264 e. The minimum absolute atomic E-state index is 0.0441. The van der Waals surface area contributed by atoms with Gasteiger partial charge in [-0.3, -0.25) is 14.4 Å². The van der Waals surface area contributed by atoms with E-state index in [1.807, 2.05) is 54.6 Å². The van der Waals surface area contributed by atoms with Gasteiger partial charge in [0, 0.05) is 41.7 Å². The number of aliphatic hydroxyl groups excluding tert-OH is 1. The van der Waals surface area contributed by atoms with Gasteiger partial charge >= 0.3 is 0 Å². The van der Waals surface area contributed by atoms with Crippen LogP contribution in [0.1, 0.15) is 42.9 Å². The number of rotatable bonds is 12. The number of hydrogen-bond acceptors (Lipinski definition) is 6. The van der Waals surface area contributed by atoms with E-state index < -0.39 is 17.4 Å². The maximum atomic E-state index is 14.0. The first-order valence-electron chi connectivity index (χ1n) is 15.3. The lowest BCUT2D eigenvalue weighted by molar-refractivity contribution is -0.139. The Morgan fingerprint density at radius 1 is 1.13 bits per heavy atom. The quantitative estimate of drug-likeness (QED) is 0.221. The van der Waals surface area contributed by atoms with Gasteiger partial charge in [-0.1, -0.05) is 73.1 Å². The summed E-state index contributed by atoms with van der Waals surface area (Å²) in [6.45, 7) is 3.13. The van der Waals surface area contributed by atoms with E-state index in [0.29, 0.717) is 28.5 Å². The summed E-state index contributed by atoms with van der Waals surface area (Å²) in [4.78, 5) is 42.8. The first-order valence-corrected chi connectivity index (χ1v) is 15.6. The topological polar surface area (TPSA) is 122 Å². The monoisotopic (exact) mass is 630 g/mol. The third-order valence-electron chi connectivity index (χ3n) is 8.46. The van der Waals surface area contributed by atoms with Gasteiger partial charge in [0.1, 0.15) is 0 Å². The fourth-order valence-corrected chi connectivity index (χ4v) is 6.17. The summed E-state index contributed by atoms with van der Waals surface area (Å²) >= 11 is 6.34. The fourth-order valence-electron chi connectivity index (χ4n) is 6.00. The molecule has 0 radical (unpaired) electrons. The van der Waals surface area contributed by atoms with Gasteiger partial charge < -0.3 is 30.6 Å². The minimum atomic E-state index is -1.91. The van der Waals surface area contributed by atoms with Gasteiger partial charge in [0.25, 0.3) is 5.91 Å². The highest BCUT2D eigenvalue weighted by Gasteiger charge is 2.52. The van der Waals surface area contributed by atoms with Crippen molar-refractivity contribution in [3.8, 4) is 0 Å². The number of carbonyl (C=O) groups excluding carboxylic acids is 3. The van der Waals surface area contributed by atoms with Crippen molar-refractivity contribution in [1.82, 2.24) is 10.2 Å². The molecule has 3 atom stereocenters. The predicted molar refractivity (Wildman–Crippen MR) is 175 cm³/mol. The van der Waals surface area contributed by atoms with Crippen LogP contribution in [0.15, 0.2) is 84.9 Å². The number of nitrogens with one attached hydrogen (secondary N) is 2. The van der Waals surface area contributed by atoms with Crippen LogP contribution in [-0.2, 0) is 33.1 Å². The van der Waals surface area contributed by atoms with Crippen molar-refractivity contribution in [2.24, 2.45) is 5.92 Å². The van der Waals surface area contributed by atoms with Gasteiger partial charge in [-0.2, -0.15) is 0 Å². The molecule has 236 valence electrons. The molecule has 3 aromatic carbocycles. The average Bonchev–Trinajstić information content (AvgIpc) is 3.65. The molecule has 0 aliphatic carbocycles. The second kappa shape index (κ2) is 14.4. The van der Waals surface area contributed by atoms with E-state index >= 15 is 0 Å². The van der Waals surface area contributed by atoms with Crippen LogP contribution in [0.3, 0.4) is 0 Å². The van der Waals surface area contributed by atoms with Crippen LogP contribution in [0.25, 0.3) is 0 Å². The second-order valence-corrected chi connectivity index (χ2v) is 12.0. The zero-order chi connectivity index (χ0) is 32.0. The number of carbonyl (C=O) groups is 3. The number of halogens is 1. The average molecular weight is 631 g/mol. The Labute approximate surface area is 268 Å². The van der Waals surface area contributed by atoms with E-state index in [1.54, 1.807) is 42.2 Å². The molecule has 0 saturated carbocycles. The van der Waals surface area contributed by atoms with Crippen molar-refractivity contribution < 1.29 is 24.6 Å². The predicted octanol–water partition coefficient (Wildman–Crippen LogP) is 4.37. The number of benzene rings is 3. The second-order valence-electron chi connectivity index (χ2n) is 11.6. The van der Waals surface area contributed by atoms with Gasteiger partial charge in [-0.15, -0.1) is 0 Å². The Morgan fingerprint density at radius 2 is 1.91 bits per heavy atom. The summed E-state index contributed by atoms with van der Waals surface area (Å²) in [7, 11) is 0. The van der Waals surface area contributed by atoms with Gasteiger partial charge in [0.15, 0.2) is 5.60 Å². The van der Waals surface area contributed by atoms with Crippen LogP contribution in [0.2, 0.25) is 5.02 Å². The van der Waals surface area contributed by atoms with Crippen LogP contribution >= 0.6 is 11.6 Å². The Balaban J connectivity index is 1.31. The Bertz CT molecular complexity index is 1560. The van der Waals surface area contributed by atoms with E-state index in [0.717, 1.165) is 30.5 Å². The molecule has 1 saturated heterocycles. The van der Waals surface area contributed by atoms with Gasteiger partial charge in [-0.05, 0) is 60.8 Å². The molecule has 2 aliphatic heterocycles. The summed E-state index contributed by atoms with van der Waals surface area (Å²) in [5.74, 6) is -1.46. The van der Waals surface area contributed by atoms with E-state index in [-0.39, 0.29) is 44.0 Å². The number of nitrogens with zero attached hydrogens (tertiary/aromatic N) is 2. The van der Waals surface area contributed by atoms with Crippen molar-refractivity contribution in [3.05, 3.63) is 107 Å². The van der Waals surface area contributed by atoms with Crippen molar-refractivity contribution in [2.45, 2.75) is 50.9 Å².